The summed E-state index contributed by atoms with van der Waals surface area (Å²) < 4.78 is 10.5. The van der Waals surface area contributed by atoms with Crippen LogP contribution in [0.25, 0.3) is 0 Å². The zero-order valence-corrected chi connectivity index (χ0v) is 16.9. The number of thioether (sulfide) groups is 1. The average molecular weight is 418 g/mol. The molecule has 9 heteroatoms. The van der Waals surface area contributed by atoms with Crippen molar-refractivity contribution in [3.8, 4) is 5.75 Å². The zero-order valence-electron chi connectivity index (χ0n) is 16.1. The number of non-ortho nitro benzene ring substituents is 1. The van der Waals surface area contributed by atoms with Crippen LogP contribution in [0.15, 0.2) is 48.5 Å². The predicted octanol–water partition coefficient (Wildman–Crippen LogP) is 3.20. The van der Waals surface area contributed by atoms with E-state index in [1.54, 1.807) is 36.0 Å². The van der Waals surface area contributed by atoms with E-state index >= 15 is 0 Å². The summed E-state index contributed by atoms with van der Waals surface area (Å²) >= 11 is 1.55. The molecule has 1 amide bonds. The molecule has 0 saturated heterocycles. The lowest BCUT2D eigenvalue weighted by atomic mass is 10.1. The molecule has 0 aliphatic rings. The number of hydrogen-bond donors (Lipinski definition) is 1. The molecule has 0 heterocycles. The number of hydrogen-bond acceptors (Lipinski definition) is 7. The van der Waals surface area contributed by atoms with E-state index in [1.165, 1.54) is 31.4 Å². The highest BCUT2D eigenvalue weighted by atomic mass is 32.2. The van der Waals surface area contributed by atoms with E-state index < -0.39 is 22.8 Å². The molecule has 29 heavy (non-hydrogen) atoms. The van der Waals surface area contributed by atoms with Gasteiger partial charge in [-0.05, 0) is 48.3 Å². The van der Waals surface area contributed by atoms with Gasteiger partial charge >= 0.3 is 5.97 Å². The number of nitro groups is 1. The first-order valence-corrected chi connectivity index (χ1v) is 10.2. The van der Waals surface area contributed by atoms with Crippen molar-refractivity contribution in [2.24, 2.45) is 0 Å². The standard InChI is InChI=1S/C20H22N2O6S/c1-27-18-6-4-3-5-16(18)19(23)21-17(11-12-29-2)20(24)28-13-14-7-9-15(10-8-14)22(25)26/h3-10,17H,11-13H2,1-2H3,(H,21,23)/t17-/m1/s1. The van der Waals surface area contributed by atoms with Crippen LogP contribution >= 0.6 is 11.8 Å². The SMILES string of the molecule is COc1ccccc1C(=O)N[C@H](CCSC)C(=O)OCc1ccc([N+](=O)[O-])cc1. The smallest absolute Gasteiger partial charge is 0.329 e. The number of para-hydroxylation sites is 1. The van der Waals surface area contributed by atoms with E-state index in [9.17, 15) is 19.7 Å². The van der Waals surface area contributed by atoms with Gasteiger partial charge in [-0.3, -0.25) is 14.9 Å². The molecule has 0 aliphatic heterocycles. The number of carbonyl (C=O) groups is 2. The molecule has 0 spiro atoms. The van der Waals surface area contributed by atoms with Crippen LogP contribution in [0, 0.1) is 10.1 Å². The molecule has 0 unspecified atom stereocenters. The second-order valence-electron chi connectivity index (χ2n) is 6.04. The van der Waals surface area contributed by atoms with Crippen LogP contribution in [-0.2, 0) is 16.1 Å². The third kappa shape index (κ3) is 6.49. The molecule has 2 aromatic rings. The number of rotatable bonds is 10. The molecule has 0 aromatic heterocycles. The summed E-state index contributed by atoms with van der Waals surface area (Å²) in [5, 5.41) is 13.4. The number of amides is 1. The topological polar surface area (TPSA) is 108 Å². The third-order valence-electron chi connectivity index (χ3n) is 4.08. The number of carbonyl (C=O) groups excluding carboxylic acids is 2. The maximum absolute atomic E-state index is 12.6. The average Bonchev–Trinajstić information content (AvgIpc) is 2.74. The van der Waals surface area contributed by atoms with Crippen LogP contribution in [0.1, 0.15) is 22.3 Å². The minimum atomic E-state index is -0.821. The highest BCUT2D eigenvalue weighted by molar-refractivity contribution is 7.98. The maximum Gasteiger partial charge on any atom is 0.329 e. The zero-order chi connectivity index (χ0) is 21.2. The van der Waals surface area contributed by atoms with Crippen molar-refractivity contribution in [2.45, 2.75) is 19.1 Å². The van der Waals surface area contributed by atoms with Gasteiger partial charge < -0.3 is 14.8 Å². The Morgan fingerprint density at radius 3 is 2.48 bits per heavy atom. The third-order valence-corrected chi connectivity index (χ3v) is 4.72. The van der Waals surface area contributed by atoms with Gasteiger partial charge in [0.1, 0.15) is 18.4 Å². The molecule has 2 rings (SSSR count). The molecular formula is C20H22N2O6S. The normalized spacial score (nSPS) is 11.4. The lowest BCUT2D eigenvalue weighted by Crippen LogP contribution is -2.42. The number of nitro benzene ring substituents is 1. The molecule has 8 nitrogen and oxygen atoms in total. The van der Waals surface area contributed by atoms with Gasteiger partial charge in [0.15, 0.2) is 0 Å². The quantitative estimate of drug-likeness (QED) is 0.359. The maximum atomic E-state index is 12.6. The number of esters is 1. The summed E-state index contributed by atoms with van der Waals surface area (Å²) in [4.78, 5) is 35.3. The van der Waals surface area contributed by atoms with Gasteiger partial charge in [-0.1, -0.05) is 12.1 Å². The fourth-order valence-electron chi connectivity index (χ4n) is 2.52. The fraction of sp³-hybridized carbons (Fsp3) is 0.300. The highest BCUT2D eigenvalue weighted by Crippen LogP contribution is 2.18. The van der Waals surface area contributed by atoms with Crippen LogP contribution in [0.5, 0.6) is 5.75 Å². The minimum Gasteiger partial charge on any atom is -0.496 e. The van der Waals surface area contributed by atoms with E-state index in [1.807, 2.05) is 6.26 Å². The van der Waals surface area contributed by atoms with Gasteiger partial charge in [-0.25, -0.2) is 4.79 Å². The Balaban J connectivity index is 2.03. The molecule has 154 valence electrons. The van der Waals surface area contributed by atoms with Crippen molar-refractivity contribution < 1.29 is 24.0 Å². The molecule has 0 radical (unpaired) electrons. The monoisotopic (exact) mass is 418 g/mol. The van der Waals surface area contributed by atoms with Crippen LogP contribution in [-0.4, -0.2) is 42.0 Å². The molecule has 0 bridgehead atoms. The number of ether oxygens (including phenoxy) is 2. The highest BCUT2D eigenvalue weighted by Gasteiger charge is 2.24. The lowest BCUT2D eigenvalue weighted by molar-refractivity contribution is -0.384. The number of benzene rings is 2. The predicted molar refractivity (Wildman–Crippen MR) is 110 cm³/mol. The van der Waals surface area contributed by atoms with E-state index in [-0.39, 0.29) is 12.3 Å². The van der Waals surface area contributed by atoms with E-state index in [0.717, 1.165) is 0 Å². The number of nitrogens with one attached hydrogen (secondary N) is 1. The Morgan fingerprint density at radius 2 is 1.86 bits per heavy atom. The molecule has 1 N–H and O–H groups in total. The second kappa shape index (κ2) is 11.1. The summed E-state index contributed by atoms with van der Waals surface area (Å²) in [7, 11) is 1.47. The van der Waals surface area contributed by atoms with Crippen molar-refractivity contribution >= 4 is 29.3 Å². The summed E-state index contributed by atoms with van der Waals surface area (Å²) in [6, 6.07) is 11.7. The Morgan fingerprint density at radius 1 is 1.17 bits per heavy atom. The van der Waals surface area contributed by atoms with Gasteiger partial charge in [-0.15, -0.1) is 0 Å². The second-order valence-corrected chi connectivity index (χ2v) is 7.02. The summed E-state index contributed by atoms with van der Waals surface area (Å²) in [6.45, 7) is -0.0445. The fourth-order valence-corrected chi connectivity index (χ4v) is 2.99. The van der Waals surface area contributed by atoms with E-state index in [2.05, 4.69) is 5.32 Å². The Hall–Kier alpha value is -3.07. The minimum absolute atomic E-state index is 0.0398. The largest absolute Gasteiger partial charge is 0.496 e. The molecule has 0 fully saturated rings. The number of nitrogens with zero attached hydrogens (tertiary/aromatic N) is 1. The number of methoxy groups -OCH3 is 1. The summed E-state index contributed by atoms with van der Waals surface area (Å²) in [5.41, 5.74) is 0.901. The van der Waals surface area contributed by atoms with Crippen molar-refractivity contribution in [3.05, 3.63) is 69.8 Å². The van der Waals surface area contributed by atoms with Gasteiger partial charge in [0.05, 0.1) is 17.6 Å². The van der Waals surface area contributed by atoms with Crippen molar-refractivity contribution in [1.29, 1.82) is 0 Å². The van der Waals surface area contributed by atoms with Crippen molar-refractivity contribution in [1.82, 2.24) is 5.32 Å². The van der Waals surface area contributed by atoms with Crippen molar-refractivity contribution in [2.75, 3.05) is 19.1 Å². The van der Waals surface area contributed by atoms with Crippen LogP contribution < -0.4 is 10.1 Å². The van der Waals surface area contributed by atoms with Crippen LogP contribution in [0.4, 0.5) is 5.69 Å². The van der Waals surface area contributed by atoms with E-state index in [0.29, 0.717) is 29.1 Å². The first kappa shape index (κ1) is 22.2. The van der Waals surface area contributed by atoms with E-state index in [4.69, 9.17) is 9.47 Å². The van der Waals surface area contributed by atoms with Crippen LogP contribution in [0.2, 0.25) is 0 Å². The lowest BCUT2D eigenvalue weighted by Gasteiger charge is -2.18. The van der Waals surface area contributed by atoms with Gasteiger partial charge in [-0.2, -0.15) is 11.8 Å². The van der Waals surface area contributed by atoms with Gasteiger partial charge in [0.25, 0.3) is 11.6 Å². The Kier molecular flexibility index (Phi) is 8.47. The first-order valence-electron chi connectivity index (χ1n) is 8.79. The summed E-state index contributed by atoms with van der Waals surface area (Å²) in [5.74, 6) is 0.0677. The van der Waals surface area contributed by atoms with Gasteiger partial charge in [0, 0.05) is 12.1 Å². The first-order chi connectivity index (χ1) is 14.0. The molecule has 0 saturated carbocycles. The van der Waals surface area contributed by atoms with Gasteiger partial charge in [0.2, 0.25) is 0 Å². The van der Waals surface area contributed by atoms with Crippen molar-refractivity contribution in [3.63, 3.8) is 0 Å². The Labute approximate surface area is 172 Å². The molecule has 1 atom stereocenters. The summed E-state index contributed by atoms with van der Waals surface area (Å²) in [6.07, 6.45) is 2.31. The Bertz CT molecular complexity index is 856. The molecule has 0 aliphatic carbocycles. The van der Waals surface area contributed by atoms with Crippen LogP contribution in [0.3, 0.4) is 0 Å². The molecular weight excluding hydrogens is 396 g/mol. The molecule has 2 aromatic carbocycles.